The van der Waals surface area contributed by atoms with Gasteiger partial charge in [-0.3, -0.25) is 0 Å². The van der Waals surface area contributed by atoms with Crippen molar-refractivity contribution in [2.75, 3.05) is 78.5 Å². The van der Waals surface area contributed by atoms with Gasteiger partial charge in [0.15, 0.2) is 0 Å². The molecule has 1 saturated heterocycles. The van der Waals surface area contributed by atoms with Crippen LogP contribution in [0.25, 0.3) is 0 Å². The second-order valence-electron chi connectivity index (χ2n) is 19.6. The molecule has 30 heteroatoms. The minimum atomic E-state index is -4.71. The lowest BCUT2D eigenvalue weighted by molar-refractivity contribution is -0.148. The third-order valence-electron chi connectivity index (χ3n) is 12.7. The number of rotatable bonds is 18. The summed E-state index contributed by atoms with van der Waals surface area (Å²) < 4.78 is 203. The molecule has 0 aliphatic carbocycles. The lowest BCUT2D eigenvalue weighted by atomic mass is 10.2. The fraction of sp³-hybridized carbons (Fsp3) is 0.333. The number of aryl methyl sites for hydroxylation is 6. The molecule has 0 bridgehead atoms. The van der Waals surface area contributed by atoms with Crippen LogP contribution >= 0.6 is 0 Å². The van der Waals surface area contributed by atoms with Crippen LogP contribution in [0.5, 0.6) is 0 Å². The first-order valence-electron chi connectivity index (χ1n) is 26.0. The van der Waals surface area contributed by atoms with Crippen LogP contribution in [0.2, 0.25) is 0 Å². The Morgan fingerprint density at radius 3 is 0.393 bits per heavy atom. The van der Waals surface area contributed by atoms with E-state index in [2.05, 4.69) is 0 Å². The Morgan fingerprint density at radius 2 is 0.298 bits per heavy atom. The molecule has 1 fully saturated rings. The molecule has 1 aliphatic heterocycles. The van der Waals surface area contributed by atoms with E-state index in [4.69, 9.17) is 25.7 Å². The third-order valence-corrected chi connectivity index (χ3v) is 20.2. The minimum absolute atomic E-state index is 0.285. The Hall–Kier alpha value is -5.46. The van der Waals surface area contributed by atoms with Crippen LogP contribution < -0.4 is 0 Å². The molecule has 6 aromatic carbocycles. The predicted octanol–water partition coefficient (Wildman–Crippen LogP) is 5.59. The first kappa shape index (κ1) is 66.1. The average molecular weight is 1280 g/mol. The van der Waals surface area contributed by atoms with Crippen molar-refractivity contribution in [3.63, 3.8) is 0 Å². The van der Waals surface area contributed by atoms with E-state index in [-0.39, 0.29) is 29.4 Å². The van der Waals surface area contributed by atoms with Gasteiger partial charge in [0.25, 0.3) is 0 Å². The van der Waals surface area contributed by atoms with Crippen LogP contribution in [0, 0.1) is 41.5 Å². The highest BCUT2D eigenvalue weighted by molar-refractivity contribution is 7.88. The normalized spacial score (nSPS) is 16.9. The highest BCUT2D eigenvalue weighted by atomic mass is 32.2. The lowest BCUT2D eigenvalue weighted by Gasteiger charge is -2.31. The molecule has 1 aliphatic rings. The molecule has 0 spiro atoms. The Bertz CT molecular complexity index is 3180. The van der Waals surface area contributed by atoms with Gasteiger partial charge in [-0.1, -0.05) is 106 Å². The molecule has 0 saturated carbocycles. The molecule has 24 nitrogen and oxygen atoms in total. The van der Waals surface area contributed by atoms with Gasteiger partial charge in [-0.25, -0.2) is 0 Å². The van der Waals surface area contributed by atoms with Gasteiger partial charge in [0.2, 0.25) is 0 Å². The van der Waals surface area contributed by atoms with Gasteiger partial charge in [-0.05, 0) is 114 Å². The van der Waals surface area contributed by atoms with Crippen molar-refractivity contribution < 1.29 is 76.2 Å². The highest BCUT2D eigenvalue weighted by Crippen LogP contribution is 2.23. The van der Waals surface area contributed by atoms with E-state index in [0.29, 0.717) is 0 Å². The zero-order valence-corrected chi connectivity index (χ0v) is 51.7. The molecule has 0 unspecified atom stereocenters. The molecular weight excluding hydrogens is 1210 g/mol. The van der Waals surface area contributed by atoms with Gasteiger partial charge in [-0.2, -0.15) is 107 Å². The molecule has 0 radical (unpaired) electrons. The molecule has 7 rings (SSSR count). The van der Waals surface area contributed by atoms with Crippen molar-refractivity contribution in [2.45, 2.75) is 70.9 Å². The van der Waals surface area contributed by atoms with Crippen LogP contribution in [0.15, 0.2) is 175 Å². The smallest absolute Gasteiger partial charge is 0.192 e. The first-order valence-corrected chi connectivity index (χ1v) is 34.5. The molecule has 0 amide bonds. The summed E-state index contributed by atoms with van der Waals surface area (Å²) in [6.07, 6.45) is 0. The number of benzene rings is 6. The largest absolute Gasteiger partial charge is 0.313 e. The Morgan fingerprint density at radius 1 is 0.202 bits per heavy atom. The van der Waals surface area contributed by atoms with Crippen molar-refractivity contribution in [3.05, 3.63) is 179 Å². The quantitative estimate of drug-likeness (QED) is 0.101. The molecule has 6 aromatic rings. The summed E-state index contributed by atoms with van der Waals surface area (Å²) in [5.41, 5.74) is 4.32. The van der Waals surface area contributed by atoms with E-state index in [0.717, 1.165) is 63.8 Å². The van der Waals surface area contributed by atoms with E-state index >= 15 is 0 Å². The Kier molecular flexibility index (Phi) is 22.3. The summed E-state index contributed by atoms with van der Waals surface area (Å²) in [4.78, 5) is -1.71. The fourth-order valence-corrected chi connectivity index (χ4v) is 13.7. The lowest BCUT2D eigenvalue weighted by Crippen LogP contribution is -2.47. The number of hydroxylamine groups is 12. The molecule has 84 heavy (non-hydrogen) atoms. The van der Waals surface area contributed by atoms with Gasteiger partial charge in [0.05, 0.1) is 29.4 Å². The Balaban J connectivity index is 1.33. The van der Waals surface area contributed by atoms with Gasteiger partial charge >= 0.3 is 60.7 Å². The van der Waals surface area contributed by atoms with Crippen molar-refractivity contribution in [1.29, 1.82) is 0 Å². The summed E-state index contributed by atoms with van der Waals surface area (Å²) in [6, 6.07) is 33.9. The third kappa shape index (κ3) is 19.3. The average Bonchev–Trinajstić information content (AvgIpc) is 3.55. The molecule has 456 valence electrons. The summed E-state index contributed by atoms with van der Waals surface area (Å²) in [5, 5.41) is 5.32. The highest BCUT2D eigenvalue weighted by Gasteiger charge is 2.32. The van der Waals surface area contributed by atoms with Crippen molar-refractivity contribution in [3.8, 4) is 0 Å². The maximum Gasteiger partial charge on any atom is 0.313 e. The summed E-state index contributed by atoms with van der Waals surface area (Å²) >= 11 is 0. The Labute approximate surface area is 492 Å². The zero-order chi connectivity index (χ0) is 61.1. The maximum absolute atomic E-state index is 14.1. The van der Waals surface area contributed by atoms with Gasteiger partial charge in [-0.15, -0.1) is 0 Å². The van der Waals surface area contributed by atoms with E-state index in [9.17, 15) is 50.5 Å². The molecule has 0 atom stereocenters. The molecular formula is C54H66N6O18S6. The summed E-state index contributed by atoms with van der Waals surface area (Å²) in [6.45, 7) is 3.89. The van der Waals surface area contributed by atoms with Gasteiger partial charge < -0.3 is 0 Å². The van der Waals surface area contributed by atoms with Crippen molar-refractivity contribution in [1.82, 2.24) is 30.4 Å². The van der Waals surface area contributed by atoms with Crippen LogP contribution in [-0.2, 0) is 86.4 Å². The second-order valence-corrected chi connectivity index (χ2v) is 28.8. The van der Waals surface area contributed by atoms with Crippen molar-refractivity contribution in [2.24, 2.45) is 0 Å². The van der Waals surface area contributed by atoms with E-state index in [1.54, 1.807) is 41.5 Å². The first-order chi connectivity index (χ1) is 39.5. The predicted molar refractivity (Wildman–Crippen MR) is 306 cm³/mol. The number of hydrogen-bond acceptors (Lipinski definition) is 24. The summed E-state index contributed by atoms with van der Waals surface area (Å²) in [7, 11) is -28.2. The number of nitrogens with zero attached hydrogens (tertiary/aromatic N) is 6. The van der Waals surface area contributed by atoms with E-state index < -0.39 is 139 Å². The summed E-state index contributed by atoms with van der Waals surface area (Å²) in [5.74, 6) is 0. The monoisotopic (exact) mass is 1280 g/mol. The van der Waals surface area contributed by atoms with Crippen LogP contribution in [0.4, 0.5) is 0 Å². The second kappa shape index (κ2) is 28.4. The van der Waals surface area contributed by atoms with Crippen LogP contribution in [-0.4, -0.2) is 159 Å². The van der Waals surface area contributed by atoms with Gasteiger partial charge in [0, 0.05) is 78.5 Å². The SMILES string of the molecule is Cc1ccc(S(=O)(=O)ON2CCN(OS(=O)(=O)c3ccc(C)cc3)CCN(OS(=O)(=O)c3ccc(C)cc3)CCN(OS(=O)(=O)c3ccc(C)cc3)CCN(OS(=O)(=O)c3ccc(C)cc3)CCN(OS(=O)(=O)c3ccc(C)cc3)CC2)cc1. The van der Waals surface area contributed by atoms with E-state index in [1.165, 1.54) is 146 Å². The number of hydrogen-bond donors (Lipinski definition) is 0. The minimum Gasteiger partial charge on any atom is -0.192 e. The molecule has 0 N–H and O–H groups in total. The topological polar surface area (TPSA) is 280 Å². The van der Waals surface area contributed by atoms with Crippen LogP contribution in [0.1, 0.15) is 33.4 Å². The fourth-order valence-electron chi connectivity index (χ4n) is 7.78. The van der Waals surface area contributed by atoms with Gasteiger partial charge in [0.1, 0.15) is 0 Å². The zero-order valence-electron chi connectivity index (χ0n) is 46.8. The van der Waals surface area contributed by atoms with Crippen LogP contribution in [0.3, 0.4) is 0 Å². The maximum atomic E-state index is 14.1. The molecule has 1 heterocycles. The van der Waals surface area contributed by atoms with E-state index in [1.807, 2.05) is 0 Å². The van der Waals surface area contributed by atoms with Crippen molar-refractivity contribution >= 4 is 60.7 Å². The molecule has 0 aromatic heterocycles. The standard InChI is InChI=1S/C54H66N6O18S6/c1-43-7-19-49(20-8-43)79(61,62)73-55-31-33-56(74-80(63,64)50-21-9-44(2)10-22-50)35-37-58(76-82(67,68)52-25-13-46(4)14-26-52)39-41-60(78-84(71,72)54-29-17-48(6)18-30-54)42-40-59(77-83(69,70)53-27-15-47(5)16-28-53)38-36-57(34-32-55)75-81(65,66)51-23-11-45(3)12-24-51/h7-30H,31-42H2,1-6H3.